The molecular weight excluding hydrogens is 240 g/mol. The molecule has 2 aromatic rings. The second-order valence-corrected chi connectivity index (χ2v) is 4.08. The van der Waals surface area contributed by atoms with E-state index in [9.17, 15) is 5.11 Å². The van der Waals surface area contributed by atoms with E-state index in [1.807, 2.05) is 55.5 Å². The summed E-state index contributed by atoms with van der Waals surface area (Å²) in [5, 5.41) is 12.7. The number of aromatic nitrogens is 1. The average Bonchev–Trinajstić information content (AvgIpc) is 2.46. The summed E-state index contributed by atoms with van der Waals surface area (Å²) in [5.74, 6) is 1.27. The standard InChI is InChI=1S/C15H18N2O2/c1-2-19-15-10-6-9-14(17-15)16-13(11-18)12-7-4-3-5-8-12/h3-10,13,18H,2,11H2,1H3,(H,16,17). The Morgan fingerprint density at radius 3 is 2.63 bits per heavy atom. The molecular formula is C15H18N2O2. The lowest BCUT2D eigenvalue weighted by molar-refractivity contribution is 0.276. The van der Waals surface area contributed by atoms with Gasteiger partial charge in [-0.25, -0.2) is 0 Å². The number of pyridine rings is 1. The van der Waals surface area contributed by atoms with E-state index in [1.54, 1.807) is 0 Å². The third-order valence-corrected chi connectivity index (χ3v) is 2.72. The van der Waals surface area contributed by atoms with Gasteiger partial charge in [0.15, 0.2) is 0 Å². The van der Waals surface area contributed by atoms with Crippen LogP contribution < -0.4 is 10.1 Å². The lowest BCUT2D eigenvalue weighted by atomic mass is 10.1. The van der Waals surface area contributed by atoms with Crippen molar-refractivity contribution < 1.29 is 9.84 Å². The molecule has 0 aliphatic heterocycles. The molecule has 2 N–H and O–H groups in total. The Hall–Kier alpha value is -2.07. The van der Waals surface area contributed by atoms with Crippen LogP contribution in [0, 0.1) is 0 Å². The highest BCUT2D eigenvalue weighted by molar-refractivity contribution is 5.40. The molecule has 1 atom stereocenters. The van der Waals surface area contributed by atoms with Crippen molar-refractivity contribution in [1.82, 2.24) is 4.98 Å². The fraction of sp³-hybridized carbons (Fsp3) is 0.267. The average molecular weight is 258 g/mol. The monoisotopic (exact) mass is 258 g/mol. The van der Waals surface area contributed by atoms with Gasteiger partial charge in [0.2, 0.25) is 5.88 Å². The zero-order valence-corrected chi connectivity index (χ0v) is 10.9. The molecule has 0 aliphatic carbocycles. The van der Waals surface area contributed by atoms with Crippen LogP contribution >= 0.6 is 0 Å². The zero-order valence-electron chi connectivity index (χ0n) is 10.9. The van der Waals surface area contributed by atoms with Crippen LogP contribution in [0.1, 0.15) is 18.5 Å². The Balaban J connectivity index is 2.12. The molecule has 0 spiro atoms. The van der Waals surface area contributed by atoms with E-state index in [4.69, 9.17) is 4.74 Å². The number of rotatable bonds is 6. The SMILES string of the molecule is CCOc1cccc(NC(CO)c2ccccc2)n1. The number of nitrogens with zero attached hydrogens (tertiary/aromatic N) is 1. The van der Waals surface area contributed by atoms with Crippen molar-refractivity contribution in [3.05, 3.63) is 54.1 Å². The largest absolute Gasteiger partial charge is 0.478 e. The quantitative estimate of drug-likeness (QED) is 0.836. The lowest BCUT2D eigenvalue weighted by Gasteiger charge is -2.17. The minimum absolute atomic E-state index is 0.00452. The van der Waals surface area contributed by atoms with E-state index in [0.717, 1.165) is 5.56 Å². The van der Waals surface area contributed by atoms with Crippen molar-refractivity contribution >= 4 is 5.82 Å². The van der Waals surface area contributed by atoms with E-state index >= 15 is 0 Å². The first-order valence-corrected chi connectivity index (χ1v) is 6.35. The Labute approximate surface area is 113 Å². The number of aliphatic hydroxyl groups excluding tert-OH is 1. The Morgan fingerprint density at radius 2 is 1.95 bits per heavy atom. The van der Waals surface area contributed by atoms with Gasteiger partial charge in [-0.05, 0) is 18.6 Å². The maximum atomic E-state index is 9.49. The number of nitrogens with one attached hydrogen (secondary N) is 1. The summed E-state index contributed by atoms with van der Waals surface area (Å²) < 4.78 is 5.35. The molecule has 100 valence electrons. The lowest BCUT2D eigenvalue weighted by Crippen LogP contribution is -2.15. The highest BCUT2D eigenvalue weighted by atomic mass is 16.5. The van der Waals surface area contributed by atoms with Crippen LogP contribution in [0.25, 0.3) is 0 Å². The van der Waals surface area contributed by atoms with Crippen molar-refractivity contribution in [1.29, 1.82) is 0 Å². The first-order chi connectivity index (χ1) is 9.33. The van der Waals surface area contributed by atoms with Crippen LogP contribution in [0.3, 0.4) is 0 Å². The van der Waals surface area contributed by atoms with Crippen molar-refractivity contribution in [2.75, 3.05) is 18.5 Å². The molecule has 0 saturated heterocycles. The van der Waals surface area contributed by atoms with Gasteiger partial charge in [0, 0.05) is 6.07 Å². The molecule has 0 saturated carbocycles. The predicted molar refractivity (Wildman–Crippen MR) is 75.3 cm³/mol. The number of hydrogen-bond donors (Lipinski definition) is 2. The van der Waals surface area contributed by atoms with Gasteiger partial charge in [-0.1, -0.05) is 36.4 Å². The highest BCUT2D eigenvalue weighted by Gasteiger charge is 2.10. The third kappa shape index (κ3) is 3.69. The summed E-state index contributed by atoms with van der Waals surface area (Å²) >= 11 is 0. The summed E-state index contributed by atoms with van der Waals surface area (Å²) in [6.07, 6.45) is 0. The van der Waals surface area contributed by atoms with Crippen LogP contribution in [-0.4, -0.2) is 23.3 Å². The van der Waals surface area contributed by atoms with Crippen molar-refractivity contribution in [3.8, 4) is 5.88 Å². The summed E-state index contributed by atoms with van der Waals surface area (Å²) in [5.41, 5.74) is 1.02. The molecule has 0 amide bonds. The topological polar surface area (TPSA) is 54.4 Å². The molecule has 2 rings (SSSR count). The predicted octanol–water partition coefficient (Wildman–Crippen LogP) is 2.63. The van der Waals surface area contributed by atoms with E-state index in [1.165, 1.54) is 0 Å². The maximum Gasteiger partial charge on any atom is 0.215 e. The fourth-order valence-corrected chi connectivity index (χ4v) is 1.82. The van der Waals surface area contributed by atoms with Gasteiger partial charge in [0.05, 0.1) is 19.3 Å². The van der Waals surface area contributed by atoms with Gasteiger partial charge in [-0.3, -0.25) is 0 Å². The molecule has 0 fully saturated rings. The Bertz CT molecular complexity index is 503. The van der Waals surface area contributed by atoms with Gasteiger partial charge in [0.25, 0.3) is 0 Å². The van der Waals surface area contributed by atoms with E-state index in [0.29, 0.717) is 18.3 Å². The summed E-state index contributed by atoms with van der Waals surface area (Å²) in [6, 6.07) is 15.2. The van der Waals surface area contributed by atoms with Gasteiger partial charge in [-0.2, -0.15) is 4.98 Å². The third-order valence-electron chi connectivity index (χ3n) is 2.72. The number of ether oxygens (including phenoxy) is 1. The second-order valence-electron chi connectivity index (χ2n) is 4.08. The number of benzene rings is 1. The number of anilines is 1. The molecule has 0 radical (unpaired) electrons. The Kier molecular flexibility index (Phi) is 4.75. The summed E-state index contributed by atoms with van der Waals surface area (Å²) in [4.78, 5) is 4.33. The minimum Gasteiger partial charge on any atom is -0.478 e. The maximum absolute atomic E-state index is 9.49. The molecule has 0 bridgehead atoms. The van der Waals surface area contributed by atoms with Crippen molar-refractivity contribution in [2.45, 2.75) is 13.0 Å². The molecule has 1 unspecified atom stereocenters. The number of hydrogen-bond acceptors (Lipinski definition) is 4. The molecule has 4 nitrogen and oxygen atoms in total. The summed E-state index contributed by atoms with van der Waals surface area (Å²) in [6.45, 7) is 2.51. The molecule has 19 heavy (non-hydrogen) atoms. The van der Waals surface area contributed by atoms with Crippen LogP contribution in [0.5, 0.6) is 5.88 Å². The molecule has 0 aliphatic rings. The van der Waals surface area contributed by atoms with Gasteiger partial charge < -0.3 is 15.2 Å². The highest BCUT2D eigenvalue weighted by Crippen LogP contribution is 2.19. The molecule has 1 aromatic heterocycles. The van der Waals surface area contributed by atoms with Crippen LogP contribution in [-0.2, 0) is 0 Å². The van der Waals surface area contributed by atoms with Gasteiger partial charge in [-0.15, -0.1) is 0 Å². The minimum atomic E-state index is -0.175. The van der Waals surface area contributed by atoms with E-state index in [-0.39, 0.29) is 12.6 Å². The first-order valence-electron chi connectivity index (χ1n) is 6.35. The molecule has 1 heterocycles. The van der Waals surface area contributed by atoms with Crippen LogP contribution in [0.4, 0.5) is 5.82 Å². The van der Waals surface area contributed by atoms with Crippen LogP contribution in [0.15, 0.2) is 48.5 Å². The first kappa shape index (κ1) is 13.4. The smallest absolute Gasteiger partial charge is 0.215 e. The normalized spacial score (nSPS) is 11.9. The fourth-order valence-electron chi connectivity index (χ4n) is 1.82. The summed E-state index contributed by atoms with van der Waals surface area (Å²) in [7, 11) is 0. The van der Waals surface area contributed by atoms with Gasteiger partial charge in [0.1, 0.15) is 5.82 Å². The Morgan fingerprint density at radius 1 is 1.16 bits per heavy atom. The van der Waals surface area contributed by atoms with Crippen LogP contribution in [0.2, 0.25) is 0 Å². The molecule has 4 heteroatoms. The second kappa shape index (κ2) is 6.75. The number of aliphatic hydroxyl groups is 1. The van der Waals surface area contributed by atoms with E-state index < -0.39 is 0 Å². The molecule has 1 aromatic carbocycles. The van der Waals surface area contributed by atoms with Crippen molar-refractivity contribution in [3.63, 3.8) is 0 Å². The van der Waals surface area contributed by atoms with Crippen molar-refractivity contribution in [2.24, 2.45) is 0 Å². The zero-order chi connectivity index (χ0) is 13.5. The van der Waals surface area contributed by atoms with E-state index in [2.05, 4.69) is 10.3 Å². The van der Waals surface area contributed by atoms with Gasteiger partial charge >= 0.3 is 0 Å².